The maximum absolute atomic E-state index is 9.60. The number of nitrogens with one attached hydrogen (secondary N) is 1. The lowest BCUT2D eigenvalue weighted by atomic mass is 9.87. The van der Waals surface area contributed by atoms with Gasteiger partial charge in [-0.1, -0.05) is 32.9 Å². The van der Waals surface area contributed by atoms with Gasteiger partial charge in [-0.15, -0.1) is 0 Å². The zero-order chi connectivity index (χ0) is 21.1. The summed E-state index contributed by atoms with van der Waals surface area (Å²) in [5.41, 5.74) is 2.89. The van der Waals surface area contributed by atoms with Gasteiger partial charge in [0.1, 0.15) is 18.0 Å². The molecule has 4 rings (SSSR count). The number of aliphatic hydroxyl groups is 1. The molecule has 0 amide bonds. The van der Waals surface area contributed by atoms with Crippen LogP contribution in [0, 0.1) is 0 Å². The summed E-state index contributed by atoms with van der Waals surface area (Å²) in [6.07, 6.45) is 5.94. The van der Waals surface area contributed by atoms with Gasteiger partial charge in [-0.25, -0.2) is 9.97 Å². The normalized spacial score (nSPS) is 20.6. The van der Waals surface area contributed by atoms with E-state index in [2.05, 4.69) is 70.1 Å². The third-order valence-corrected chi connectivity index (χ3v) is 6.48. The molecule has 0 spiro atoms. The number of hydrogen-bond acceptors (Lipinski definition) is 6. The molecular weight excluding hydrogens is 374 g/mol. The van der Waals surface area contributed by atoms with Gasteiger partial charge in [0.15, 0.2) is 0 Å². The third-order valence-electron chi connectivity index (χ3n) is 6.48. The number of aromatic nitrogens is 2. The van der Waals surface area contributed by atoms with Crippen LogP contribution in [0.3, 0.4) is 0 Å². The van der Waals surface area contributed by atoms with E-state index in [0.717, 1.165) is 57.0 Å². The van der Waals surface area contributed by atoms with Crippen molar-refractivity contribution in [2.24, 2.45) is 0 Å². The molecule has 1 aromatic heterocycles. The predicted molar refractivity (Wildman–Crippen MR) is 123 cm³/mol. The van der Waals surface area contributed by atoms with Crippen LogP contribution in [-0.4, -0.2) is 53.4 Å². The molecule has 0 saturated carbocycles. The van der Waals surface area contributed by atoms with Gasteiger partial charge < -0.3 is 20.2 Å². The van der Waals surface area contributed by atoms with Gasteiger partial charge in [-0.2, -0.15) is 0 Å². The van der Waals surface area contributed by atoms with E-state index in [1.54, 1.807) is 6.33 Å². The molecule has 2 N–H and O–H groups in total. The van der Waals surface area contributed by atoms with Crippen LogP contribution in [0.15, 0.2) is 36.7 Å². The van der Waals surface area contributed by atoms with E-state index in [1.807, 2.05) is 6.07 Å². The fourth-order valence-corrected chi connectivity index (χ4v) is 4.57. The van der Waals surface area contributed by atoms with E-state index in [4.69, 9.17) is 0 Å². The maximum Gasteiger partial charge on any atom is 0.134 e. The number of nitrogens with zero attached hydrogens (tertiary/aromatic N) is 4. The van der Waals surface area contributed by atoms with Gasteiger partial charge in [0.25, 0.3) is 0 Å². The highest BCUT2D eigenvalue weighted by Gasteiger charge is 2.26. The summed E-state index contributed by atoms with van der Waals surface area (Å²) in [6.45, 7) is 9.99. The van der Waals surface area contributed by atoms with Crippen LogP contribution in [0.5, 0.6) is 0 Å². The van der Waals surface area contributed by atoms with Crippen molar-refractivity contribution in [3.63, 3.8) is 0 Å². The molecule has 0 aliphatic carbocycles. The van der Waals surface area contributed by atoms with E-state index in [-0.39, 0.29) is 18.1 Å². The third kappa shape index (κ3) is 4.69. The minimum atomic E-state index is 0.181. The first-order chi connectivity index (χ1) is 14.4. The molecule has 2 aromatic rings. The molecule has 6 heteroatoms. The van der Waals surface area contributed by atoms with Crippen molar-refractivity contribution >= 4 is 17.3 Å². The van der Waals surface area contributed by atoms with Crippen molar-refractivity contribution in [1.82, 2.24) is 9.97 Å². The fraction of sp³-hybridized carbons (Fsp3) is 0.583. The summed E-state index contributed by atoms with van der Waals surface area (Å²) >= 11 is 0. The number of piperidine rings is 1. The second-order valence-corrected chi connectivity index (χ2v) is 9.64. The Kier molecular flexibility index (Phi) is 6.14. The van der Waals surface area contributed by atoms with Crippen LogP contribution < -0.4 is 15.1 Å². The van der Waals surface area contributed by atoms with Crippen LogP contribution in [0.4, 0.5) is 17.3 Å². The highest BCUT2D eigenvalue weighted by molar-refractivity contribution is 5.51. The van der Waals surface area contributed by atoms with Crippen molar-refractivity contribution in [1.29, 1.82) is 0 Å². The second-order valence-electron chi connectivity index (χ2n) is 9.64. The molecule has 162 valence electrons. The molecule has 1 atom stereocenters. The lowest BCUT2D eigenvalue weighted by Gasteiger charge is -2.34. The van der Waals surface area contributed by atoms with Crippen LogP contribution in [0.25, 0.3) is 0 Å². The largest absolute Gasteiger partial charge is 0.394 e. The van der Waals surface area contributed by atoms with Gasteiger partial charge in [-0.3, -0.25) is 0 Å². The monoisotopic (exact) mass is 409 g/mol. The van der Waals surface area contributed by atoms with E-state index in [0.29, 0.717) is 6.04 Å². The van der Waals surface area contributed by atoms with Crippen molar-refractivity contribution in [2.45, 2.75) is 64.0 Å². The summed E-state index contributed by atoms with van der Waals surface area (Å²) in [5, 5.41) is 13.2. The first kappa shape index (κ1) is 20.9. The molecular formula is C24H35N5O. The zero-order valence-electron chi connectivity index (χ0n) is 18.5. The van der Waals surface area contributed by atoms with Crippen molar-refractivity contribution in [3.8, 4) is 0 Å². The van der Waals surface area contributed by atoms with Gasteiger partial charge in [0.05, 0.1) is 12.6 Å². The summed E-state index contributed by atoms with van der Waals surface area (Å²) in [7, 11) is 0. The lowest BCUT2D eigenvalue weighted by molar-refractivity contribution is 0.266. The Balaban J connectivity index is 1.33. The van der Waals surface area contributed by atoms with Gasteiger partial charge >= 0.3 is 0 Å². The van der Waals surface area contributed by atoms with Crippen molar-refractivity contribution in [3.05, 3.63) is 42.2 Å². The Labute approximate surface area is 180 Å². The second kappa shape index (κ2) is 8.80. The van der Waals surface area contributed by atoms with Gasteiger partial charge in [0, 0.05) is 37.4 Å². The van der Waals surface area contributed by atoms with Gasteiger partial charge in [-0.05, 0) is 48.8 Å². The molecule has 1 aromatic carbocycles. The van der Waals surface area contributed by atoms with E-state index < -0.39 is 0 Å². The molecule has 3 heterocycles. The molecule has 2 aliphatic rings. The Morgan fingerprint density at radius 1 is 1.03 bits per heavy atom. The minimum absolute atomic E-state index is 0.181. The van der Waals surface area contributed by atoms with E-state index in [9.17, 15) is 5.11 Å². The summed E-state index contributed by atoms with van der Waals surface area (Å²) in [4.78, 5) is 13.6. The highest BCUT2D eigenvalue weighted by Crippen LogP contribution is 2.28. The van der Waals surface area contributed by atoms with E-state index in [1.165, 1.54) is 11.3 Å². The first-order valence-corrected chi connectivity index (χ1v) is 11.3. The average Bonchev–Trinajstić information content (AvgIpc) is 3.23. The Morgan fingerprint density at radius 2 is 1.77 bits per heavy atom. The molecule has 0 bridgehead atoms. The quantitative estimate of drug-likeness (QED) is 0.783. The number of rotatable bonds is 5. The summed E-state index contributed by atoms with van der Waals surface area (Å²) < 4.78 is 0. The van der Waals surface area contributed by atoms with Crippen LogP contribution >= 0.6 is 0 Å². The van der Waals surface area contributed by atoms with E-state index >= 15 is 0 Å². The fourth-order valence-electron chi connectivity index (χ4n) is 4.57. The lowest BCUT2D eigenvalue weighted by Crippen LogP contribution is -2.39. The smallest absolute Gasteiger partial charge is 0.134 e. The number of benzene rings is 1. The SMILES string of the molecule is CC(C)(C)c1ccc(N2CCC(Nc3cc(N4CCCC4CO)ncn3)CC2)cc1. The predicted octanol–water partition coefficient (Wildman–Crippen LogP) is 3.82. The Morgan fingerprint density at radius 3 is 2.43 bits per heavy atom. The highest BCUT2D eigenvalue weighted by atomic mass is 16.3. The summed E-state index contributed by atoms with van der Waals surface area (Å²) in [6, 6.07) is 11.7. The van der Waals surface area contributed by atoms with Crippen molar-refractivity contribution in [2.75, 3.05) is 41.4 Å². The number of hydrogen-bond donors (Lipinski definition) is 2. The molecule has 2 fully saturated rings. The zero-order valence-corrected chi connectivity index (χ0v) is 18.5. The standard InChI is InChI=1S/C24H35N5O/c1-24(2,3)18-6-8-20(9-7-18)28-13-10-19(11-14-28)27-22-15-23(26-17-25-22)29-12-4-5-21(29)16-30/h6-9,15,17,19,21,30H,4-5,10-14,16H2,1-3H3,(H,25,26,27). The van der Waals surface area contributed by atoms with Crippen LogP contribution in [0.2, 0.25) is 0 Å². The molecule has 30 heavy (non-hydrogen) atoms. The first-order valence-electron chi connectivity index (χ1n) is 11.3. The Bertz CT molecular complexity index is 824. The van der Waals surface area contributed by atoms with Gasteiger partial charge in [0.2, 0.25) is 0 Å². The average molecular weight is 410 g/mol. The minimum Gasteiger partial charge on any atom is -0.394 e. The molecule has 6 nitrogen and oxygen atoms in total. The molecule has 0 radical (unpaired) electrons. The molecule has 2 saturated heterocycles. The number of aliphatic hydroxyl groups excluding tert-OH is 1. The molecule has 1 unspecified atom stereocenters. The van der Waals surface area contributed by atoms with Crippen LogP contribution in [-0.2, 0) is 5.41 Å². The molecule has 2 aliphatic heterocycles. The number of anilines is 3. The topological polar surface area (TPSA) is 64.5 Å². The summed E-state index contributed by atoms with van der Waals surface area (Å²) in [5.74, 6) is 1.80. The van der Waals surface area contributed by atoms with Crippen molar-refractivity contribution < 1.29 is 5.11 Å². The maximum atomic E-state index is 9.60. The van der Waals surface area contributed by atoms with Crippen LogP contribution in [0.1, 0.15) is 52.0 Å². The Hall–Kier alpha value is -2.34.